The molecule has 9 heteroatoms. The molecule has 0 bridgehead atoms. The summed E-state index contributed by atoms with van der Waals surface area (Å²) in [6.45, 7) is 0. The Bertz CT molecular complexity index is 849. The molecule has 0 heterocycles. The first-order chi connectivity index (χ1) is 10.6. The fraction of sp³-hybridized carbons (Fsp3) is 0.0714. The van der Waals surface area contributed by atoms with E-state index in [0.717, 1.165) is 6.26 Å². The third kappa shape index (κ3) is 5.28. The van der Waals surface area contributed by atoms with Crippen LogP contribution in [0.15, 0.2) is 36.4 Å². The molecule has 0 radical (unpaired) electrons. The highest BCUT2D eigenvalue weighted by molar-refractivity contribution is 7.92. The quantitative estimate of drug-likeness (QED) is 0.814. The van der Waals surface area contributed by atoms with Crippen LogP contribution in [0.4, 0.5) is 11.4 Å². The SMILES string of the molecule is CS(=O)(=O)Nc1cc(C(=O)Nc2cc(Cl)cc(Cl)c2)ccc1Cl. The molecule has 0 fully saturated rings. The summed E-state index contributed by atoms with van der Waals surface area (Å²) in [6, 6.07) is 8.85. The van der Waals surface area contributed by atoms with Crippen molar-refractivity contribution in [2.75, 3.05) is 16.3 Å². The van der Waals surface area contributed by atoms with Crippen molar-refractivity contribution in [1.82, 2.24) is 0 Å². The summed E-state index contributed by atoms with van der Waals surface area (Å²) >= 11 is 17.7. The van der Waals surface area contributed by atoms with Gasteiger partial charge in [0.2, 0.25) is 10.0 Å². The summed E-state index contributed by atoms with van der Waals surface area (Å²) in [5.74, 6) is -0.462. The van der Waals surface area contributed by atoms with E-state index in [1.165, 1.54) is 36.4 Å². The van der Waals surface area contributed by atoms with E-state index in [1.807, 2.05) is 0 Å². The van der Waals surface area contributed by atoms with Crippen LogP contribution in [0, 0.1) is 0 Å². The van der Waals surface area contributed by atoms with Crippen molar-refractivity contribution >= 4 is 62.1 Å². The number of hydrogen-bond donors (Lipinski definition) is 2. The number of sulfonamides is 1. The topological polar surface area (TPSA) is 75.3 Å². The van der Waals surface area contributed by atoms with Gasteiger partial charge in [-0.15, -0.1) is 0 Å². The number of nitrogens with one attached hydrogen (secondary N) is 2. The Kier molecular flexibility index (Phi) is 5.41. The number of benzene rings is 2. The number of rotatable bonds is 4. The summed E-state index contributed by atoms with van der Waals surface area (Å²) in [7, 11) is -3.51. The molecule has 0 aliphatic rings. The van der Waals surface area contributed by atoms with Crippen LogP contribution in [0.3, 0.4) is 0 Å². The van der Waals surface area contributed by atoms with Gasteiger partial charge in [-0.1, -0.05) is 34.8 Å². The fourth-order valence-electron chi connectivity index (χ4n) is 1.77. The van der Waals surface area contributed by atoms with Crippen molar-refractivity contribution in [3.8, 4) is 0 Å². The summed E-state index contributed by atoms with van der Waals surface area (Å²) in [4.78, 5) is 12.2. The van der Waals surface area contributed by atoms with Crippen LogP contribution in [0.2, 0.25) is 15.1 Å². The Morgan fingerprint density at radius 1 is 1.00 bits per heavy atom. The largest absolute Gasteiger partial charge is 0.322 e. The third-order valence-electron chi connectivity index (χ3n) is 2.64. The van der Waals surface area contributed by atoms with Gasteiger partial charge in [0, 0.05) is 21.3 Å². The molecule has 0 aromatic heterocycles. The van der Waals surface area contributed by atoms with E-state index in [9.17, 15) is 13.2 Å². The second-order valence-electron chi connectivity index (χ2n) is 4.68. The molecule has 2 aromatic carbocycles. The van der Waals surface area contributed by atoms with Crippen molar-refractivity contribution in [1.29, 1.82) is 0 Å². The highest BCUT2D eigenvalue weighted by atomic mass is 35.5. The van der Waals surface area contributed by atoms with Crippen molar-refractivity contribution in [3.63, 3.8) is 0 Å². The molecule has 0 unspecified atom stereocenters. The van der Waals surface area contributed by atoms with Crippen LogP contribution < -0.4 is 10.0 Å². The van der Waals surface area contributed by atoms with Gasteiger partial charge in [0.15, 0.2) is 0 Å². The van der Waals surface area contributed by atoms with Gasteiger partial charge in [-0.3, -0.25) is 9.52 Å². The van der Waals surface area contributed by atoms with E-state index in [-0.39, 0.29) is 16.3 Å². The van der Waals surface area contributed by atoms with E-state index in [2.05, 4.69) is 10.0 Å². The molecule has 0 aliphatic heterocycles. The van der Waals surface area contributed by atoms with Gasteiger partial charge in [-0.25, -0.2) is 8.42 Å². The molecule has 2 rings (SSSR count). The zero-order valence-electron chi connectivity index (χ0n) is 11.7. The number of amides is 1. The van der Waals surface area contributed by atoms with Crippen molar-refractivity contribution < 1.29 is 13.2 Å². The average Bonchev–Trinajstić information content (AvgIpc) is 2.38. The van der Waals surface area contributed by atoms with Gasteiger partial charge in [-0.2, -0.15) is 0 Å². The summed E-state index contributed by atoms with van der Waals surface area (Å²) in [5, 5.41) is 3.56. The van der Waals surface area contributed by atoms with Gasteiger partial charge in [0.25, 0.3) is 5.91 Å². The molecule has 0 atom stereocenters. The smallest absolute Gasteiger partial charge is 0.255 e. The Hall–Kier alpha value is -1.47. The maximum Gasteiger partial charge on any atom is 0.255 e. The van der Waals surface area contributed by atoms with E-state index >= 15 is 0 Å². The summed E-state index contributed by atoms with van der Waals surface area (Å²) in [5.41, 5.74) is 0.752. The second-order valence-corrected chi connectivity index (χ2v) is 7.71. The van der Waals surface area contributed by atoms with Gasteiger partial charge in [0.05, 0.1) is 17.0 Å². The van der Waals surface area contributed by atoms with Crippen molar-refractivity contribution in [3.05, 3.63) is 57.0 Å². The molecule has 0 saturated heterocycles. The Morgan fingerprint density at radius 2 is 1.61 bits per heavy atom. The lowest BCUT2D eigenvalue weighted by atomic mass is 10.2. The number of anilines is 2. The van der Waals surface area contributed by atoms with E-state index in [4.69, 9.17) is 34.8 Å². The standard InChI is InChI=1S/C14H11Cl3N2O3S/c1-23(21,22)19-13-4-8(2-3-12(13)17)14(20)18-11-6-9(15)5-10(16)7-11/h2-7,19H,1H3,(H,18,20). The summed E-state index contributed by atoms with van der Waals surface area (Å²) in [6.07, 6.45) is 0.990. The Labute approximate surface area is 148 Å². The molecule has 0 aliphatic carbocycles. The zero-order valence-corrected chi connectivity index (χ0v) is 14.8. The minimum Gasteiger partial charge on any atom is -0.322 e. The number of halogens is 3. The van der Waals surface area contributed by atoms with Crippen LogP contribution in [-0.4, -0.2) is 20.6 Å². The van der Waals surface area contributed by atoms with Crippen LogP contribution in [0.1, 0.15) is 10.4 Å². The highest BCUT2D eigenvalue weighted by Gasteiger charge is 2.12. The first-order valence-electron chi connectivity index (χ1n) is 6.19. The van der Waals surface area contributed by atoms with Gasteiger partial charge in [-0.05, 0) is 36.4 Å². The fourth-order valence-corrected chi connectivity index (χ4v) is 3.09. The van der Waals surface area contributed by atoms with Crippen LogP contribution >= 0.6 is 34.8 Å². The maximum atomic E-state index is 12.2. The van der Waals surface area contributed by atoms with Crippen molar-refractivity contribution in [2.45, 2.75) is 0 Å². The molecule has 0 spiro atoms. The third-order valence-corrected chi connectivity index (χ3v) is 4.00. The van der Waals surface area contributed by atoms with Crippen LogP contribution in [0.5, 0.6) is 0 Å². The molecule has 0 saturated carbocycles. The zero-order chi connectivity index (χ0) is 17.2. The van der Waals surface area contributed by atoms with E-state index < -0.39 is 15.9 Å². The first kappa shape index (κ1) is 17.9. The molecule has 2 N–H and O–H groups in total. The second kappa shape index (κ2) is 6.97. The van der Waals surface area contributed by atoms with E-state index in [1.54, 1.807) is 0 Å². The molecule has 23 heavy (non-hydrogen) atoms. The monoisotopic (exact) mass is 392 g/mol. The van der Waals surface area contributed by atoms with Crippen LogP contribution in [-0.2, 0) is 10.0 Å². The molecular formula is C14H11Cl3N2O3S. The molecule has 122 valence electrons. The minimum absolute atomic E-state index is 0.117. The number of hydrogen-bond acceptors (Lipinski definition) is 3. The Morgan fingerprint density at radius 3 is 2.17 bits per heavy atom. The van der Waals surface area contributed by atoms with Gasteiger partial charge >= 0.3 is 0 Å². The lowest BCUT2D eigenvalue weighted by Crippen LogP contribution is -2.14. The van der Waals surface area contributed by atoms with Crippen LogP contribution in [0.25, 0.3) is 0 Å². The van der Waals surface area contributed by atoms with Crippen molar-refractivity contribution in [2.24, 2.45) is 0 Å². The highest BCUT2D eigenvalue weighted by Crippen LogP contribution is 2.26. The Balaban J connectivity index is 2.27. The lowest BCUT2D eigenvalue weighted by Gasteiger charge is -2.10. The van der Waals surface area contributed by atoms with Gasteiger partial charge < -0.3 is 5.32 Å². The first-order valence-corrected chi connectivity index (χ1v) is 9.21. The minimum atomic E-state index is -3.51. The predicted molar refractivity (Wildman–Crippen MR) is 94.3 cm³/mol. The normalized spacial score (nSPS) is 11.1. The predicted octanol–water partition coefficient (Wildman–Crippen LogP) is 4.27. The lowest BCUT2D eigenvalue weighted by molar-refractivity contribution is 0.102. The molecule has 2 aromatic rings. The molecule has 1 amide bonds. The average molecular weight is 394 g/mol. The summed E-state index contributed by atoms with van der Waals surface area (Å²) < 4.78 is 24.8. The number of carbonyl (C=O) groups is 1. The number of carbonyl (C=O) groups excluding carboxylic acids is 1. The maximum absolute atomic E-state index is 12.2. The molecule has 5 nitrogen and oxygen atoms in total. The van der Waals surface area contributed by atoms with Gasteiger partial charge in [0.1, 0.15) is 0 Å². The molecular weight excluding hydrogens is 383 g/mol. The van der Waals surface area contributed by atoms with E-state index in [0.29, 0.717) is 15.7 Å².